The first-order chi connectivity index (χ1) is 17.1. The molecule has 0 saturated carbocycles. The van der Waals surface area contributed by atoms with Crippen LogP contribution in [0.3, 0.4) is 0 Å². The number of fused-ring (bicyclic) bond motifs is 1. The van der Waals surface area contributed by atoms with E-state index in [0.717, 1.165) is 40.7 Å². The highest BCUT2D eigenvalue weighted by Crippen LogP contribution is 2.31. The second-order valence-electron chi connectivity index (χ2n) is 9.02. The van der Waals surface area contributed by atoms with E-state index in [4.69, 9.17) is 14.6 Å². The predicted octanol–water partition coefficient (Wildman–Crippen LogP) is 4.92. The molecule has 5 aromatic rings. The van der Waals surface area contributed by atoms with E-state index in [9.17, 15) is 4.79 Å². The summed E-state index contributed by atoms with van der Waals surface area (Å²) in [6.07, 6.45) is 2.08. The maximum atomic E-state index is 11.0. The van der Waals surface area contributed by atoms with Crippen LogP contribution in [0.4, 0.5) is 0 Å². The molecule has 35 heavy (non-hydrogen) atoms. The predicted molar refractivity (Wildman–Crippen MR) is 133 cm³/mol. The highest BCUT2D eigenvalue weighted by molar-refractivity contribution is 5.94. The van der Waals surface area contributed by atoms with Crippen molar-refractivity contribution < 1.29 is 14.4 Å². The van der Waals surface area contributed by atoms with Gasteiger partial charge in [0.2, 0.25) is 5.82 Å². The standard InChI is InChI=1S/C28H24N4O3/c33-28(34)22-16-31(17-22)14-20-10-12-21(13-11-20)26-29-27(35-30-26)24-18-32(15-19-6-2-1-3-7-19)25-9-5-4-8-23(24)25/h1-13,18,22H,14-17H2,(H,33,34). The molecule has 0 bridgehead atoms. The number of benzene rings is 3. The van der Waals surface area contributed by atoms with Crippen LogP contribution in [0, 0.1) is 5.92 Å². The van der Waals surface area contributed by atoms with Gasteiger partial charge < -0.3 is 14.2 Å². The Morgan fingerprint density at radius 2 is 1.63 bits per heavy atom. The molecule has 3 heterocycles. The number of likely N-dealkylation sites (tertiary alicyclic amines) is 1. The molecule has 1 saturated heterocycles. The minimum Gasteiger partial charge on any atom is -0.481 e. The van der Waals surface area contributed by atoms with Crippen LogP contribution >= 0.6 is 0 Å². The maximum absolute atomic E-state index is 11.0. The lowest BCUT2D eigenvalue weighted by Gasteiger charge is -2.36. The smallest absolute Gasteiger partial charge is 0.309 e. The van der Waals surface area contributed by atoms with Gasteiger partial charge in [0.05, 0.1) is 11.5 Å². The van der Waals surface area contributed by atoms with Crippen molar-refractivity contribution in [3.63, 3.8) is 0 Å². The number of nitrogens with zero attached hydrogens (tertiary/aromatic N) is 4. The number of carboxylic acids is 1. The summed E-state index contributed by atoms with van der Waals surface area (Å²) in [6.45, 7) is 2.70. The van der Waals surface area contributed by atoms with Gasteiger partial charge in [-0.25, -0.2) is 0 Å². The van der Waals surface area contributed by atoms with E-state index in [-0.39, 0.29) is 5.92 Å². The summed E-state index contributed by atoms with van der Waals surface area (Å²) in [5.41, 5.74) is 5.26. The van der Waals surface area contributed by atoms with Gasteiger partial charge >= 0.3 is 5.97 Å². The number of aromatic nitrogens is 3. The van der Waals surface area contributed by atoms with Crippen molar-refractivity contribution in [2.75, 3.05) is 13.1 Å². The highest BCUT2D eigenvalue weighted by atomic mass is 16.5. The topological polar surface area (TPSA) is 84.4 Å². The number of para-hydroxylation sites is 1. The molecule has 3 aromatic carbocycles. The summed E-state index contributed by atoms with van der Waals surface area (Å²) >= 11 is 0. The Kier molecular flexibility index (Phi) is 5.39. The normalized spacial score (nSPS) is 14.3. The van der Waals surface area contributed by atoms with Crippen molar-refractivity contribution in [1.82, 2.24) is 19.6 Å². The van der Waals surface area contributed by atoms with Crippen molar-refractivity contribution in [3.8, 4) is 22.8 Å². The molecule has 1 aliphatic heterocycles. The average Bonchev–Trinajstić information content (AvgIpc) is 3.48. The Morgan fingerprint density at radius 1 is 0.914 bits per heavy atom. The van der Waals surface area contributed by atoms with Crippen LogP contribution in [0.15, 0.2) is 89.6 Å². The van der Waals surface area contributed by atoms with Crippen molar-refractivity contribution in [1.29, 1.82) is 0 Å². The molecular formula is C28H24N4O3. The van der Waals surface area contributed by atoms with Gasteiger partial charge in [-0.15, -0.1) is 0 Å². The Hall–Kier alpha value is -4.23. The Bertz CT molecular complexity index is 1480. The Labute approximate surface area is 202 Å². The third-order valence-electron chi connectivity index (χ3n) is 6.57. The lowest BCUT2D eigenvalue weighted by atomic mass is 9.99. The molecule has 0 unspecified atom stereocenters. The average molecular weight is 465 g/mol. The van der Waals surface area contributed by atoms with Crippen molar-refractivity contribution >= 4 is 16.9 Å². The molecule has 1 aliphatic rings. The summed E-state index contributed by atoms with van der Waals surface area (Å²) in [5, 5.41) is 14.4. The van der Waals surface area contributed by atoms with E-state index >= 15 is 0 Å². The van der Waals surface area contributed by atoms with E-state index in [1.54, 1.807) is 0 Å². The van der Waals surface area contributed by atoms with E-state index in [2.05, 4.69) is 45.1 Å². The van der Waals surface area contributed by atoms with Gasteiger partial charge in [0.15, 0.2) is 0 Å². The second kappa shape index (κ2) is 8.85. The first kappa shape index (κ1) is 21.3. The first-order valence-corrected chi connectivity index (χ1v) is 11.6. The van der Waals surface area contributed by atoms with Gasteiger partial charge in [0, 0.05) is 48.8 Å². The number of carbonyl (C=O) groups is 1. The summed E-state index contributed by atoms with van der Waals surface area (Å²) in [6, 6.07) is 26.6. The Balaban J connectivity index is 1.23. The summed E-state index contributed by atoms with van der Waals surface area (Å²) in [5.74, 6) is 0.0760. The summed E-state index contributed by atoms with van der Waals surface area (Å²) in [7, 11) is 0. The molecule has 1 N–H and O–H groups in total. The molecular weight excluding hydrogens is 440 g/mol. The number of hydrogen-bond acceptors (Lipinski definition) is 5. The molecule has 6 rings (SSSR count). The van der Waals surface area contributed by atoms with Gasteiger partial charge in [-0.2, -0.15) is 4.98 Å². The number of rotatable bonds is 7. The number of carboxylic acid groups (broad SMARTS) is 1. The monoisotopic (exact) mass is 464 g/mol. The van der Waals surface area contributed by atoms with Crippen LogP contribution in [0.1, 0.15) is 11.1 Å². The number of hydrogen-bond donors (Lipinski definition) is 1. The summed E-state index contributed by atoms with van der Waals surface area (Å²) < 4.78 is 7.91. The second-order valence-corrected chi connectivity index (χ2v) is 9.02. The molecule has 2 aromatic heterocycles. The van der Waals surface area contributed by atoms with Crippen molar-refractivity contribution in [2.24, 2.45) is 5.92 Å². The largest absolute Gasteiger partial charge is 0.481 e. The van der Waals surface area contributed by atoms with Crippen molar-refractivity contribution in [2.45, 2.75) is 13.1 Å². The zero-order chi connectivity index (χ0) is 23.8. The van der Waals surface area contributed by atoms with E-state index in [0.29, 0.717) is 24.8 Å². The van der Waals surface area contributed by atoms with Crippen LogP contribution in [-0.2, 0) is 17.9 Å². The van der Waals surface area contributed by atoms with Crippen LogP contribution in [0.5, 0.6) is 0 Å². The summed E-state index contributed by atoms with van der Waals surface area (Å²) in [4.78, 5) is 17.8. The first-order valence-electron chi connectivity index (χ1n) is 11.6. The molecule has 0 aliphatic carbocycles. The molecule has 0 spiro atoms. The zero-order valence-corrected chi connectivity index (χ0v) is 19.0. The molecule has 1 fully saturated rings. The van der Waals surface area contributed by atoms with Crippen LogP contribution in [0.2, 0.25) is 0 Å². The van der Waals surface area contributed by atoms with E-state index in [1.165, 1.54) is 5.56 Å². The fraction of sp³-hybridized carbons (Fsp3) is 0.179. The Morgan fingerprint density at radius 3 is 2.40 bits per heavy atom. The molecule has 0 amide bonds. The molecule has 0 atom stereocenters. The van der Waals surface area contributed by atoms with Crippen molar-refractivity contribution in [3.05, 3.63) is 96.2 Å². The number of aliphatic carboxylic acids is 1. The van der Waals surface area contributed by atoms with E-state index in [1.807, 2.05) is 54.6 Å². The van der Waals surface area contributed by atoms with Crippen LogP contribution in [0.25, 0.3) is 33.7 Å². The minimum atomic E-state index is -0.715. The van der Waals surface area contributed by atoms with Gasteiger partial charge in [-0.3, -0.25) is 9.69 Å². The maximum Gasteiger partial charge on any atom is 0.309 e. The zero-order valence-electron chi connectivity index (χ0n) is 19.0. The lowest BCUT2D eigenvalue weighted by molar-refractivity contribution is -0.147. The molecule has 7 nitrogen and oxygen atoms in total. The minimum absolute atomic E-state index is 0.245. The van der Waals surface area contributed by atoms with Crippen LogP contribution < -0.4 is 0 Å². The van der Waals surface area contributed by atoms with Gasteiger partial charge in [0.1, 0.15) is 0 Å². The van der Waals surface area contributed by atoms with Gasteiger partial charge in [0.25, 0.3) is 5.89 Å². The molecule has 0 radical (unpaired) electrons. The molecule has 174 valence electrons. The third-order valence-corrected chi connectivity index (χ3v) is 6.57. The quantitative estimate of drug-likeness (QED) is 0.368. The fourth-order valence-electron chi connectivity index (χ4n) is 4.65. The third kappa shape index (κ3) is 4.22. The van der Waals surface area contributed by atoms with Gasteiger partial charge in [-0.1, -0.05) is 78.0 Å². The van der Waals surface area contributed by atoms with E-state index < -0.39 is 5.97 Å². The molecule has 7 heteroatoms. The highest BCUT2D eigenvalue weighted by Gasteiger charge is 2.32. The fourth-order valence-corrected chi connectivity index (χ4v) is 4.65. The van der Waals surface area contributed by atoms with Crippen LogP contribution in [-0.4, -0.2) is 43.8 Å². The SMILES string of the molecule is O=C(O)C1CN(Cc2ccc(-c3noc(-c4cn(Cc5ccccc5)c5ccccc45)n3)cc2)C1. The lowest BCUT2D eigenvalue weighted by Crippen LogP contribution is -2.49. The van der Waals surface area contributed by atoms with Gasteiger partial charge in [-0.05, 0) is 17.2 Å².